The van der Waals surface area contributed by atoms with Crippen molar-refractivity contribution in [1.82, 2.24) is 10.2 Å². The number of fused-ring (bicyclic) bond motifs is 1. The second-order valence-corrected chi connectivity index (χ2v) is 9.20. The summed E-state index contributed by atoms with van der Waals surface area (Å²) in [7, 11) is 0. The van der Waals surface area contributed by atoms with Crippen molar-refractivity contribution >= 4 is 17.8 Å². The summed E-state index contributed by atoms with van der Waals surface area (Å²) in [6.07, 6.45) is 2.15. The van der Waals surface area contributed by atoms with Crippen LogP contribution in [0.3, 0.4) is 0 Å². The molecule has 2 amide bonds. The molecule has 2 heterocycles. The van der Waals surface area contributed by atoms with Gasteiger partial charge in [0.2, 0.25) is 6.79 Å². The highest BCUT2D eigenvalue weighted by molar-refractivity contribution is 5.92. The lowest BCUT2D eigenvalue weighted by atomic mass is 9.97. The molecule has 2 aliphatic rings. The molecule has 0 aromatic heterocycles. The topological polar surface area (TPSA) is 103 Å². The quantitative estimate of drug-likeness (QED) is 0.559. The maximum Gasteiger partial charge on any atom is 0.338 e. The monoisotopic (exact) mass is 496 g/mol. The Kier molecular flexibility index (Phi) is 7.97. The van der Waals surface area contributed by atoms with Crippen molar-refractivity contribution in [2.24, 2.45) is 0 Å². The van der Waals surface area contributed by atoms with Crippen LogP contribution in [0.4, 0.5) is 0 Å². The molecule has 3 unspecified atom stereocenters. The third kappa shape index (κ3) is 6.08. The van der Waals surface area contributed by atoms with Crippen LogP contribution in [0.15, 0.2) is 42.5 Å². The van der Waals surface area contributed by atoms with E-state index in [1.54, 1.807) is 36.4 Å². The van der Waals surface area contributed by atoms with Crippen LogP contribution in [-0.2, 0) is 20.9 Å². The molecule has 1 saturated heterocycles. The van der Waals surface area contributed by atoms with Gasteiger partial charge in [0.15, 0.2) is 24.2 Å². The van der Waals surface area contributed by atoms with Crippen molar-refractivity contribution in [1.29, 1.82) is 0 Å². The molecule has 1 fully saturated rings. The second kappa shape index (κ2) is 11.3. The highest BCUT2D eigenvalue weighted by Gasteiger charge is 2.29. The van der Waals surface area contributed by atoms with E-state index in [0.29, 0.717) is 17.2 Å². The molecule has 2 aliphatic heterocycles. The van der Waals surface area contributed by atoms with E-state index in [-0.39, 0.29) is 43.5 Å². The van der Waals surface area contributed by atoms with Crippen molar-refractivity contribution in [3.63, 3.8) is 0 Å². The Hall–Kier alpha value is -3.75. The molecule has 9 nitrogen and oxygen atoms in total. The molecule has 2 aromatic carbocycles. The summed E-state index contributed by atoms with van der Waals surface area (Å²) >= 11 is 0. The van der Waals surface area contributed by atoms with Crippen molar-refractivity contribution < 1.29 is 33.3 Å². The van der Waals surface area contributed by atoms with Gasteiger partial charge in [-0.2, -0.15) is 0 Å². The number of benzene rings is 2. The minimum absolute atomic E-state index is 0.0428. The van der Waals surface area contributed by atoms with E-state index < -0.39 is 18.0 Å². The predicted molar refractivity (Wildman–Crippen MR) is 131 cm³/mol. The molecule has 0 spiro atoms. The number of esters is 1. The maximum atomic E-state index is 12.6. The van der Waals surface area contributed by atoms with Crippen LogP contribution in [-0.4, -0.2) is 54.3 Å². The number of amides is 2. The first-order valence-corrected chi connectivity index (χ1v) is 12.2. The zero-order valence-corrected chi connectivity index (χ0v) is 20.8. The number of nitrogens with one attached hydrogen (secondary N) is 1. The van der Waals surface area contributed by atoms with Crippen molar-refractivity contribution in [3.8, 4) is 17.2 Å². The van der Waals surface area contributed by atoms with Gasteiger partial charge in [-0.3, -0.25) is 9.59 Å². The average molecular weight is 497 g/mol. The van der Waals surface area contributed by atoms with E-state index in [9.17, 15) is 14.4 Å². The third-order valence-electron chi connectivity index (χ3n) is 6.49. The lowest BCUT2D eigenvalue weighted by molar-refractivity contribution is -0.139. The Morgan fingerprint density at radius 3 is 2.44 bits per heavy atom. The van der Waals surface area contributed by atoms with Crippen LogP contribution in [0, 0.1) is 0 Å². The molecule has 3 atom stereocenters. The first-order valence-electron chi connectivity index (χ1n) is 12.2. The predicted octanol–water partition coefficient (Wildman–Crippen LogP) is 3.45. The Morgan fingerprint density at radius 2 is 1.72 bits per heavy atom. The van der Waals surface area contributed by atoms with Gasteiger partial charge in [0.05, 0.1) is 5.56 Å². The molecule has 1 N–H and O–H groups in total. The minimum atomic E-state index is -0.978. The summed E-state index contributed by atoms with van der Waals surface area (Å²) in [6, 6.07) is 12.1. The van der Waals surface area contributed by atoms with Crippen LogP contribution in [0.5, 0.6) is 17.2 Å². The SMILES string of the molecule is CC(OC(=O)c1ccc(OCC(=O)N2C(C)CCCC2C)cc1)C(=O)NCc1ccc2c(c1)OCO2. The van der Waals surface area contributed by atoms with Crippen molar-refractivity contribution in [2.75, 3.05) is 13.4 Å². The van der Waals surface area contributed by atoms with Gasteiger partial charge in [0.25, 0.3) is 11.8 Å². The fourth-order valence-electron chi connectivity index (χ4n) is 4.49. The summed E-state index contributed by atoms with van der Waals surface area (Å²) in [4.78, 5) is 39.4. The molecular weight excluding hydrogens is 464 g/mol. The molecule has 0 aliphatic carbocycles. The lowest BCUT2D eigenvalue weighted by Crippen LogP contribution is -2.49. The van der Waals surface area contributed by atoms with Crippen LogP contribution < -0.4 is 19.5 Å². The Labute approximate surface area is 210 Å². The van der Waals surface area contributed by atoms with E-state index in [1.807, 2.05) is 11.0 Å². The van der Waals surface area contributed by atoms with E-state index in [0.717, 1.165) is 24.8 Å². The second-order valence-electron chi connectivity index (χ2n) is 9.20. The van der Waals surface area contributed by atoms with Gasteiger partial charge in [-0.1, -0.05) is 6.07 Å². The number of rotatable bonds is 8. The summed E-state index contributed by atoms with van der Waals surface area (Å²) in [5.41, 5.74) is 1.12. The number of piperidine rings is 1. The first kappa shape index (κ1) is 25.3. The van der Waals surface area contributed by atoms with Gasteiger partial charge in [-0.25, -0.2) is 4.79 Å². The first-order chi connectivity index (χ1) is 17.3. The van der Waals surface area contributed by atoms with E-state index in [2.05, 4.69) is 19.2 Å². The number of carbonyl (C=O) groups is 3. The van der Waals surface area contributed by atoms with Gasteiger partial charge in [-0.05, 0) is 82.0 Å². The molecule has 0 bridgehead atoms. The fourth-order valence-corrected chi connectivity index (χ4v) is 4.49. The standard InChI is InChI=1S/C27H32N2O7/c1-17-5-4-6-18(2)29(17)25(30)15-33-22-10-8-21(9-11-22)27(32)36-19(3)26(31)28-14-20-7-12-23-24(13-20)35-16-34-23/h7-13,17-19H,4-6,14-16H2,1-3H3,(H,28,31). The summed E-state index contributed by atoms with van der Waals surface area (Å²) in [6.45, 7) is 6.02. The number of likely N-dealkylation sites (tertiary alicyclic amines) is 1. The highest BCUT2D eigenvalue weighted by Crippen LogP contribution is 2.32. The average Bonchev–Trinajstić information content (AvgIpc) is 3.34. The molecular formula is C27H32N2O7. The van der Waals surface area contributed by atoms with Crippen LogP contribution in [0.2, 0.25) is 0 Å². The summed E-state index contributed by atoms with van der Waals surface area (Å²) in [5, 5.41) is 2.75. The fraction of sp³-hybridized carbons (Fsp3) is 0.444. The Balaban J connectivity index is 1.23. The molecule has 9 heteroatoms. The normalized spacial score (nSPS) is 19.4. The Bertz CT molecular complexity index is 1090. The maximum absolute atomic E-state index is 12.6. The van der Waals surface area contributed by atoms with Gasteiger partial charge in [0, 0.05) is 18.6 Å². The number of hydrogen-bond acceptors (Lipinski definition) is 7. The zero-order valence-electron chi connectivity index (χ0n) is 20.8. The molecule has 4 rings (SSSR count). The smallest absolute Gasteiger partial charge is 0.338 e. The molecule has 0 saturated carbocycles. The number of hydrogen-bond donors (Lipinski definition) is 1. The van der Waals surface area contributed by atoms with Gasteiger partial charge < -0.3 is 29.2 Å². The van der Waals surface area contributed by atoms with Crippen molar-refractivity contribution in [3.05, 3.63) is 53.6 Å². The van der Waals surface area contributed by atoms with E-state index in [4.69, 9.17) is 18.9 Å². The lowest BCUT2D eigenvalue weighted by Gasteiger charge is -2.38. The number of nitrogens with zero attached hydrogens (tertiary/aromatic N) is 1. The van der Waals surface area contributed by atoms with Crippen molar-refractivity contribution in [2.45, 2.75) is 64.8 Å². The van der Waals surface area contributed by atoms with Gasteiger partial charge in [-0.15, -0.1) is 0 Å². The third-order valence-corrected chi connectivity index (χ3v) is 6.49. The number of carbonyl (C=O) groups excluding carboxylic acids is 3. The zero-order chi connectivity index (χ0) is 25.7. The summed E-state index contributed by atoms with van der Waals surface area (Å²) < 4.78 is 21.6. The summed E-state index contributed by atoms with van der Waals surface area (Å²) in [5.74, 6) is 0.695. The van der Waals surface area contributed by atoms with Gasteiger partial charge >= 0.3 is 5.97 Å². The minimum Gasteiger partial charge on any atom is -0.484 e. The van der Waals surface area contributed by atoms with E-state index >= 15 is 0 Å². The Morgan fingerprint density at radius 1 is 1.03 bits per heavy atom. The van der Waals surface area contributed by atoms with Crippen LogP contribution in [0.25, 0.3) is 0 Å². The van der Waals surface area contributed by atoms with Crippen LogP contribution in [0.1, 0.15) is 56.0 Å². The molecule has 2 aromatic rings. The molecule has 36 heavy (non-hydrogen) atoms. The van der Waals surface area contributed by atoms with Gasteiger partial charge in [0.1, 0.15) is 5.75 Å². The van der Waals surface area contributed by atoms with E-state index in [1.165, 1.54) is 6.92 Å². The van der Waals surface area contributed by atoms with Crippen LogP contribution >= 0.6 is 0 Å². The molecule has 0 radical (unpaired) electrons. The largest absolute Gasteiger partial charge is 0.484 e. The molecule has 192 valence electrons. The highest BCUT2D eigenvalue weighted by atomic mass is 16.7. The number of ether oxygens (including phenoxy) is 4.